The molecular weight excluding hydrogens is 2010 g/mol. The first-order valence-corrected chi connectivity index (χ1v) is 52.2. The van der Waals surface area contributed by atoms with Gasteiger partial charge < -0.3 is 154 Å². The number of nitrogens with one attached hydrogen (secondary N) is 6. The second-order valence-electron chi connectivity index (χ2n) is 40.4. The van der Waals surface area contributed by atoms with E-state index in [1.807, 2.05) is 59.7 Å². The number of Topliss-reactive ketones (excluding diaryl/α,β-unsaturated/α-hetero) is 4. The van der Waals surface area contributed by atoms with Crippen molar-refractivity contribution in [3.8, 4) is 5.75 Å². The maximum atomic E-state index is 15.4. The number of piperidine rings is 1. The number of aliphatic hydroxyl groups excluding tert-OH is 17. The number of hydrogen-bond donors (Lipinski definition) is 28. The summed E-state index contributed by atoms with van der Waals surface area (Å²) in [7, 11) is 5.02. The largest absolute Gasteiger partial charge is 0.496 e. The number of anilines is 2. The number of aromatic nitrogens is 5. The van der Waals surface area contributed by atoms with Crippen molar-refractivity contribution in [3.05, 3.63) is 129 Å². The number of nitrogens with two attached hydrogens (primary N) is 1. The molecule has 29 N–H and O–H groups in total. The summed E-state index contributed by atoms with van der Waals surface area (Å²) in [4.78, 5) is 192. The van der Waals surface area contributed by atoms with E-state index in [4.69, 9.17) is 15.2 Å². The Morgan fingerprint density at radius 2 is 1.27 bits per heavy atom. The first-order valence-electron chi connectivity index (χ1n) is 49.7. The molecule has 4 amide bonds. The molecular formula is C100H137N13O35S2. The van der Waals surface area contributed by atoms with Gasteiger partial charge in [0.15, 0.2) is 39.9 Å². The van der Waals surface area contributed by atoms with Gasteiger partial charge in [0.25, 0.3) is 11.5 Å². The van der Waals surface area contributed by atoms with Crippen molar-refractivity contribution in [1.29, 1.82) is 0 Å². The Morgan fingerprint density at radius 1 is 0.667 bits per heavy atom. The SMILES string of the molecule is CC[C@]1(O)C[C@H]2CN(CCc3c([nH]c4ccccc34)[C@@](C)(c3cc4c(cc3OC)N(C)[C@H]3[C@@](O)(C(=O)NCC(=O)OCCSSC[C@H](CC(=O)[C@@H](NC(=O)[C@@H](CC(=O)[C@@H](NC(=O)[C@H](C)CC(=O)[C@@H](NC(=O)CC[C@H](CC(=O)c5ccc(CCc6cnc7nc(N)[nH]c(=O)c7n6)cc5)C(=O)O)[C@@H](O)[C@H](O)[C@H](O)CO)[C@@H](O)[C@H](O)[C@H](O)CO)[C@@H](O)[C@H](O)[C@H](O)CO)[C@@H](O)[C@H](O)[C@H](O)CO)C(=O)O)[C@H](O)[C@]5(CC)C=CCN6CC[C@]43[C@@H]65)C2)C1. The number of ketones is 4. The standard InChI is InChI=1S/C100H137N13O35S2/c1-7-97(145)37-49-36-96(4,84-55(22-26-112(40-49)46-97)54-12-9-10-13-59(54)105-84)58-34-57-60(35-69(58)147-6)111(5)92-99(57)24-27-113-25-11-23-98(8-2,91(99)113)93(143)100(92,146)94(144)103-39-71(127)148-28-29-149-150-45-52(90(141)142)32-63(120)73(82(134)79(131)67(124)43-116)108-87(137)56(76(128)77(129)65(122)41-114)33-64(121)74(83(135)80(132)68(125)44-117)107-86(136)47(3)30-62(119)72(81(133)78(130)66(123)42-115)106-70(126)21-19-51(89(139)140)31-61(118)50-17-14-48(15-18-50)16-20-53-38-102-85-75(104-53)88(138)110-95(101)109-85/h9-15,17-18,23,34-35,38,47,49,51-52,56,65-68,72-74,76-83,91-93,105,114-117,122-125,128-135,143,145-146H,7-8,16,19-22,24-33,36-37,39-46H2,1-6H3,(H,103,144)(H,106,126)(H,107,136)(H,108,137)(H,139,140)(H,141,142)(H3,101,102,109,110,138)/t47-,49+,51-,52+,56+,65-,66-,67-,68-,72-,73-,74-,76-,77-,78-,79-,80-,81-,82-,83-,91+,92-,93-,96-,97+,98-,99-,100+/m1/s1. The number of H-pyrrole nitrogens is 2. The number of nitrogens with zero attached hydrogens (tertiary/aromatic N) is 6. The van der Waals surface area contributed by atoms with Crippen LogP contribution in [-0.2, 0) is 82.8 Å². The molecule has 0 radical (unpaired) electrons. The molecule has 6 aromatic rings. The third-order valence-electron chi connectivity index (χ3n) is 30.8. The van der Waals surface area contributed by atoms with Crippen molar-refractivity contribution in [2.24, 2.45) is 35.0 Å². The number of likely N-dealkylation sites (N-methyl/N-ethyl adjacent to an activating group) is 1. The summed E-state index contributed by atoms with van der Waals surface area (Å²) in [5, 5.41) is 241. The van der Waals surface area contributed by atoms with Crippen LogP contribution < -0.4 is 42.2 Å². The molecule has 1 unspecified atom stereocenters. The Bertz CT molecular complexity index is 5950. The summed E-state index contributed by atoms with van der Waals surface area (Å²) in [6, 6.07) is 8.84. The molecule has 1 aliphatic carbocycles. The van der Waals surface area contributed by atoms with Crippen molar-refractivity contribution >= 4 is 120 Å². The normalized spacial score (nSPS) is 25.7. The van der Waals surface area contributed by atoms with Gasteiger partial charge in [-0.3, -0.25) is 72.3 Å². The maximum Gasteiger partial charge on any atom is 0.325 e. The summed E-state index contributed by atoms with van der Waals surface area (Å²) in [5.41, 5.74) is 4.89. The number of hydrogen-bond acceptors (Lipinski definition) is 42. The van der Waals surface area contributed by atoms with Gasteiger partial charge in [-0.1, -0.05) is 97.0 Å². The quantitative estimate of drug-likeness (QED) is 0.00555. The lowest BCUT2D eigenvalue weighted by Crippen LogP contribution is -2.81. The molecule has 5 aliphatic heterocycles. The van der Waals surface area contributed by atoms with E-state index in [0.717, 1.165) is 74.9 Å². The molecule has 1 saturated carbocycles. The highest BCUT2D eigenvalue weighted by Gasteiger charge is 2.79. The van der Waals surface area contributed by atoms with E-state index < -0.39 is 315 Å². The van der Waals surface area contributed by atoms with Crippen LogP contribution >= 0.6 is 21.6 Å². The molecule has 3 aromatic carbocycles. The molecule has 824 valence electrons. The van der Waals surface area contributed by atoms with Crippen LogP contribution in [0.4, 0.5) is 11.6 Å². The monoisotopic (exact) mass is 2140 g/mol. The van der Waals surface area contributed by atoms with Crippen LogP contribution in [0.5, 0.6) is 5.75 Å². The fourth-order valence-corrected chi connectivity index (χ4v) is 24.8. The van der Waals surface area contributed by atoms with Gasteiger partial charge in [-0.05, 0) is 106 Å². The number of methoxy groups -OCH3 is 1. The van der Waals surface area contributed by atoms with Gasteiger partial charge in [-0.15, -0.1) is 0 Å². The number of esters is 1. The van der Waals surface area contributed by atoms with Crippen LogP contribution in [0.3, 0.4) is 0 Å². The molecule has 2 bridgehead atoms. The number of carboxylic acid groups (broad SMARTS) is 2. The summed E-state index contributed by atoms with van der Waals surface area (Å²) in [5.74, 6) is -23.8. The number of aromatic amines is 2. The number of carbonyl (C=O) groups is 11. The third-order valence-corrected chi connectivity index (χ3v) is 33.2. The highest BCUT2D eigenvalue weighted by molar-refractivity contribution is 8.76. The number of ether oxygens (including phenoxy) is 2. The van der Waals surface area contributed by atoms with E-state index in [1.165, 1.54) is 18.3 Å². The van der Waals surface area contributed by atoms with Gasteiger partial charge in [0.05, 0.1) is 80.9 Å². The van der Waals surface area contributed by atoms with E-state index in [0.29, 0.717) is 80.9 Å². The average Bonchev–Trinajstić information content (AvgIpc) is 1.47. The van der Waals surface area contributed by atoms with Crippen molar-refractivity contribution in [2.45, 2.75) is 249 Å². The number of carbonyl (C=O) groups excluding carboxylic acids is 9. The average molecular weight is 2150 g/mol. The topological polar surface area (TPSA) is 802 Å². The Balaban J connectivity index is 0.691. The smallest absolute Gasteiger partial charge is 0.325 e. The predicted molar refractivity (Wildman–Crippen MR) is 536 cm³/mol. The van der Waals surface area contributed by atoms with Gasteiger partial charge in [-0.2, -0.15) is 4.98 Å². The maximum absolute atomic E-state index is 15.4. The summed E-state index contributed by atoms with van der Waals surface area (Å²) < 4.78 is 12.0. The van der Waals surface area contributed by atoms with E-state index in [-0.39, 0.29) is 47.2 Å². The second-order valence-corrected chi connectivity index (χ2v) is 43.1. The Morgan fingerprint density at radius 3 is 1.87 bits per heavy atom. The van der Waals surface area contributed by atoms with E-state index in [2.05, 4.69) is 70.5 Å². The van der Waals surface area contributed by atoms with E-state index in [9.17, 15) is 160 Å². The minimum absolute atomic E-state index is 0.0280. The number of carboxylic acids is 2. The molecule has 3 aromatic heterocycles. The van der Waals surface area contributed by atoms with Crippen LogP contribution in [0.2, 0.25) is 0 Å². The van der Waals surface area contributed by atoms with Crippen LogP contribution in [-0.4, -0.2) is 425 Å². The van der Waals surface area contributed by atoms with Crippen LogP contribution in [0.15, 0.2) is 83.8 Å². The Hall–Kier alpha value is -10.6. The first kappa shape index (κ1) is 118. The molecule has 12 rings (SSSR count). The fraction of sp³-hybridized carbons (Fsp3) is 0.610. The van der Waals surface area contributed by atoms with Crippen molar-refractivity contribution in [2.75, 3.05) is 109 Å². The molecule has 29 atom stereocenters. The number of aliphatic carboxylic acids is 2. The molecule has 48 nitrogen and oxygen atoms in total. The highest BCUT2D eigenvalue weighted by atomic mass is 33.1. The molecule has 8 heterocycles. The first-order chi connectivity index (χ1) is 71.0. The van der Waals surface area contributed by atoms with Gasteiger partial charge in [0.1, 0.15) is 110 Å². The van der Waals surface area contributed by atoms with Crippen LogP contribution in [0.25, 0.3) is 22.1 Å². The van der Waals surface area contributed by atoms with Crippen molar-refractivity contribution in [1.82, 2.24) is 56.0 Å². The predicted octanol–water partition coefficient (Wildman–Crippen LogP) is -6.13. The van der Waals surface area contributed by atoms with Crippen molar-refractivity contribution in [3.63, 3.8) is 0 Å². The van der Waals surface area contributed by atoms with Crippen molar-refractivity contribution < 1.29 is 169 Å². The number of rotatable bonds is 54. The van der Waals surface area contributed by atoms with Gasteiger partial charge in [-0.25, -0.2) is 9.97 Å². The third kappa shape index (κ3) is 24.9. The van der Waals surface area contributed by atoms with Crippen LogP contribution in [0, 0.1) is 35.0 Å². The Kier molecular flexibility index (Phi) is 39.4. The lowest BCUT2D eigenvalue weighted by Gasteiger charge is -2.63. The number of amides is 4. The lowest BCUT2D eigenvalue weighted by molar-refractivity contribution is -0.203. The minimum Gasteiger partial charge on any atom is -0.496 e. The molecule has 3 fully saturated rings. The van der Waals surface area contributed by atoms with Gasteiger partial charge in [0, 0.05) is 145 Å². The number of aryl methyl sites for hydroxylation is 2. The molecule has 2 saturated heterocycles. The van der Waals surface area contributed by atoms with Gasteiger partial charge >= 0.3 is 17.9 Å². The zero-order valence-corrected chi connectivity index (χ0v) is 85.2. The molecule has 50 heteroatoms. The highest BCUT2D eigenvalue weighted by Crippen LogP contribution is 2.68. The van der Waals surface area contributed by atoms with Gasteiger partial charge in [0.2, 0.25) is 23.7 Å². The summed E-state index contributed by atoms with van der Waals surface area (Å²) >= 11 is 0. The minimum atomic E-state index is -2.88. The zero-order chi connectivity index (χ0) is 110. The molecule has 6 aliphatic rings. The number of nitrogen functional groups attached to an aromatic ring is 1. The van der Waals surface area contributed by atoms with E-state index >= 15 is 4.79 Å². The lowest BCUT2D eigenvalue weighted by atomic mass is 9.47. The summed E-state index contributed by atoms with van der Waals surface area (Å²) in [6.45, 7) is 3.40. The van der Waals surface area contributed by atoms with E-state index in [1.54, 1.807) is 26.3 Å². The fourth-order valence-electron chi connectivity index (χ4n) is 22.7. The van der Waals surface area contributed by atoms with Crippen LogP contribution in [0.1, 0.15) is 142 Å². The number of aliphatic hydroxyl groups is 19. The number of benzene rings is 3. The number of fused-ring (bicyclic) bond motifs is 7. The Labute approximate surface area is 868 Å². The summed E-state index contributed by atoms with van der Waals surface area (Å²) in [6.07, 6.45) is -30.2. The second kappa shape index (κ2) is 50.1. The molecule has 150 heavy (non-hydrogen) atoms. The zero-order valence-electron chi connectivity index (χ0n) is 83.6. The molecule has 1 spiro atoms. The number of para-hydroxylation sites is 1.